The summed E-state index contributed by atoms with van der Waals surface area (Å²) in [7, 11) is 1.37. The molecule has 0 saturated heterocycles. The third kappa shape index (κ3) is 3.19. The number of rotatable bonds is 3. The number of ether oxygens (including phenoxy) is 1. The highest BCUT2D eigenvalue weighted by Gasteiger charge is 2.51. The molecule has 2 N–H and O–H groups in total. The van der Waals surface area contributed by atoms with Gasteiger partial charge in [-0.1, -0.05) is 11.6 Å². The molecular weight excluding hydrogens is 412 g/mol. The fraction of sp³-hybridized carbons (Fsp3) is 0.524. The third-order valence-corrected chi connectivity index (χ3v) is 8.52. The number of fused-ring (bicyclic) bond motifs is 1. The molecule has 6 rings (SSSR count). The molecule has 2 aromatic rings. The van der Waals surface area contributed by atoms with Crippen LogP contribution in [0.3, 0.4) is 0 Å². The Morgan fingerprint density at radius 1 is 1.21 bits per heavy atom. The van der Waals surface area contributed by atoms with Crippen molar-refractivity contribution in [2.45, 2.75) is 44.1 Å². The molecule has 7 heteroatoms. The molecule has 0 aliphatic heterocycles. The number of carbonyl (C=O) groups is 1. The van der Waals surface area contributed by atoms with Crippen LogP contribution in [0.5, 0.6) is 0 Å². The van der Waals surface area contributed by atoms with Gasteiger partial charge >= 0.3 is 5.97 Å². The standard InChI is InChI=1S/C21H23ClN2O2S2/c1-26-19(25)18-17(22)15-3-2-14(7-16(15)28-18)23-20(27)24-21-8-11-4-12(9-21)6-13(5-11)10-21/h2-3,7,11-13H,4-6,8-10H2,1H3,(H2,23,24,27). The van der Waals surface area contributed by atoms with Crippen molar-refractivity contribution in [1.82, 2.24) is 5.32 Å². The fourth-order valence-electron chi connectivity index (χ4n) is 6.03. The second-order valence-corrected chi connectivity index (χ2v) is 10.6. The number of nitrogens with one attached hydrogen (secondary N) is 2. The van der Waals surface area contributed by atoms with Gasteiger partial charge in [-0.2, -0.15) is 0 Å². The summed E-state index contributed by atoms with van der Waals surface area (Å²) in [4.78, 5) is 12.3. The van der Waals surface area contributed by atoms with Gasteiger partial charge in [0.25, 0.3) is 0 Å². The number of anilines is 1. The number of thiocarbonyl (C=S) groups is 1. The molecule has 28 heavy (non-hydrogen) atoms. The number of carbonyl (C=O) groups excluding carboxylic acids is 1. The largest absolute Gasteiger partial charge is 0.465 e. The minimum atomic E-state index is -0.403. The van der Waals surface area contributed by atoms with Gasteiger partial charge < -0.3 is 15.4 Å². The topological polar surface area (TPSA) is 50.4 Å². The maximum Gasteiger partial charge on any atom is 0.349 e. The number of methoxy groups -OCH3 is 1. The van der Waals surface area contributed by atoms with E-state index < -0.39 is 5.97 Å². The Morgan fingerprint density at radius 2 is 1.86 bits per heavy atom. The number of hydrogen-bond donors (Lipinski definition) is 2. The van der Waals surface area contributed by atoms with Crippen molar-refractivity contribution in [1.29, 1.82) is 0 Å². The number of thiophene rings is 1. The molecule has 1 heterocycles. The van der Waals surface area contributed by atoms with Crippen LogP contribution in [0.1, 0.15) is 48.2 Å². The van der Waals surface area contributed by atoms with Crippen molar-refractivity contribution < 1.29 is 9.53 Å². The number of benzene rings is 1. The number of hydrogen-bond acceptors (Lipinski definition) is 4. The molecule has 148 valence electrons. The highest BCUT2D eigenvalue weighted by Crippen LogP contribution is 2.55. The molecule has 0 amide bonds. The summed E-state index contributed by atoms with van der Waals surface area (Å²) in [5.41, 5.74) is 1.09. The van der Waals surface area contributed by atoms with E-state index in [1.807, 2.05) is 18.2 Å². The van der Waals surface area contributed by atoms with Crippen LogP contribution in [0.25, 0.3) is 10.1 Å². The van der Waals surface area contributed by atoms with E-state index in [1.54, 1.807) is 0 Å². The number of halogens is 1. The van der Waals surface area contributed by atoms with Crippen molar-refractivity contribution in [2.24, 2.45) is 17.8 Å². The lowest BCUT2D eigenvalue weighted by molar-refractivity contribution is -0.00972. The molecule has 4 bridgehead atoms. The predicted molar refractivity (Wildman–Crippen MR) is 118 cm³/mol. The Kier molecular flexibility index (Phi) is 4.56. The second-order valence-electron chi connectivity index (χ2n) is 8.72. The monoisotopic (exact) mass is 434 g/mol. The summed E-state index contributed by atoms with van der Waals surface area (Å²) in [6.07, 6.45) is 8.01. The van der Waals surface area contributed by atoms with E-state index in [-0.39, 0.29) is 5.54 Å². The molecule has 4 nitrogen and oxygen atoms in total. The van der Waals surface area contributed by atoms with E-state index in [1.165, 1.54) is 57.0 Å². The van der Waals surface area contributed by atoms with Gasteiger partial charge in [-0.05, 0) is 86.7 Å². The van der Waals surface area contributed by atoms with Crippen LogP contribution in [0.15, 0.2) is 18.2 Å². The van der Waals surface area contributed by atoms with Gasteiger partial charge in [-0.15, -0.1) is 11.3 Å². The average molecular weight is 435 g/mol. The van der Waals surface area contributed by atoms with Gasteiger partial charge in [-0.3, -0.25) is 0 Å². The molecule has 1 aromatic carbocycles. The molecule has 1 aromatic heterocycles. The predicted octanol–water partition coefficient (Wildman–Crippen LogP) is 5.60. The Balaban J connectivity index is 1.32. The Bertz CT molecular complexity index is 935. The van der Waals surface area contributed by atoms with Gasteiger partial charge in [0.15, 0.2) is 5.11 Å². The van der Waals surface area contributed by atoms with Crippen molar-refractivity contribution in [3.63, 3.8) is 0 Å². The normalized spacial score (nSPS) is 30.4. The second kappa shape index (κ2) is 6.85. The van der Waals surface area contributed by atoms with E-state index >= 15 is 0 Å². The molecule has 4 aliphatic carbocycles. The Hall–Kier alpha value is -1.37. The maximum atomic E-state index is 11.9. The minimum Gasteiger partial charge on any atom is -0.465 e. The lowest BCUT2D eigenvalue weighted by atomic mass is 9.53. The summed E-state index contributed by atoms with van der Waals surface area (Å²) < 4.78 is 5.75. The summed E-state index contributed by atoms with van der Waals surface area (Å²) >= 11 is 13.4. The van der Waals surface area contributed by atoms with E-state index in [9.17, 15) is 4.79 Å². The third-order valence-electron chi connectivity index (χ3n) is 6.68. The zero-order chi connectivity index (χ0) is 19.5. The molecular formula is C21H23ClN2O2S2. The van der Waals surface area contributed by atoms with Crippen molar-refractivity contribution >= 4 is 62.0 Å². The van der Waals surface area contributed by atoms with Crippen LogP contribution in [0.4, 0.5) is 5.69 Å². The summed E-state index contributed by atoms with van der Waals surface area (Å²) in [5.74, 6) is 2.23. The SMILES string of the molecule is COC(=O)c1sc2cc(NC(=S)NC34CC5CC(CC(C5)C3)C4)ccc2c1Cl. The van der Waals surface area contributed by atoms with Crippen LogP contribution in [-0.4, -0.2) is 23.7 Å². The molecule has 4 fully saturated rings. The van der Waals surface area contributed by atoms with Gasteiger partial charge in [0.2, 0.25) is 0 Å². The van der Waals surface area contributed by atoms with E-state index in [4.69, 9.17) is 28.6 Å². The first-order valence-electron chi connectivity index (χ1n) is 9.84. The van der Waals surface area contributed by atoms with Gasteiger partial charge in [0, 0.05) is 21.3 Å². The lowest BCUT2D eigenvalue weighted by Gasteiger charge is -2.57. The van der Waals surface area contributed by atoms with Gasteiger partial charge in [0.1, 0.15) is 4.88 Å². The molecule has 0 radical (unpaired) electrons. The van der Waals surface area contributed by atoms with Crippen LogP contribution in [-0.2, 0) is 4.74 Å². The fourth-order valence-corrected chi connectivity index (χ4v) is 7.83. The van der Waals surface area contributed by atoms with Crippen LogP contribution < -0.4 is 10.6 Å². The van der Waals surface area contributed by atoms with Crippen LogP contribution in [0, 0.1) is 17.8 Å². The van der Waals surface area contributed by atoms with E-state index in [0.717, 1.165) is 33.5 Å². The highest BCUT2D eigenvalue weighted by molar-refractivity contribution is 7.80. The molecule has 4 saturated carbocycles. The first-order valence-corrected chi connectivity index (χ1v) is 11.4. The Labute approximate surface area is 179 Å². The van der Waals surface area contributed by atoms with E-state index in [0.29, 0.717) is 15.0 Å². The van der Waals surface area contributed by atoms with Gasteiger partial charge in [0.05, 0.1) is 12.1 Å². The minimum absolute atomic E-state index is 0.188. The zero-order valence-electron chi connectivity index (χ0n) is 15.7. The smallest absolute Gasteiger partial charge is 0.349 e. The van der Waals surface area contributed by atoms with Crippen molar-refractivity contribution in [3.8, 4) is 0 Å². The lowest BCUT2D eigenvalue weighted by Crippen LogP contribution is -2.60. The van der Waals surface area contributed by atoms with Crippen molar-refractivity contribution in [3.05, 3.63) is 28.1 Å². The summed E-state index contributed by atoms with van der Waals surface area (Å²) in [5, 5.41) is 9.04. The highest BCUT2D eigenvalue weighted by atomic mass is 35.5. The summed E-state index contributed by atoms with van der Waals surface area (Å²) in [6.45, 7) is 0. The summed E-state index contributed by atoms with van der Waals surface area (Å²) in [6, 6.07) is 5.87. The van der Waals surface area contributed by atoms with Crippen LogP contribution in [0.2, 0.25) is 5.02 Å². The van der Waals surface area contributed by atoms with Crippen molar-refractivity contribution in [2.75, 3.05) is 12.4 Å². The van der Waals surface area contributed by atoms with E-state index in [2.05, 4.69) is 10.6 Å². The Morgan fingerprint density at radius 3 is 2.46 bits per heavy atom. The first kappa shape index (κ1) is 18.6. The average Bonchev–Trinajstić information content (AvgIpc) is 2.95. The molecule has 0 spiro atoms. The van der Waals surface area contributed by atoms with Gasteiger partial charge in [-0.25, -0.2) is 4.79 Å². The zero-order valence-corrected chi connectivity index (χ0v) is 18.1. The molecule has 0 atom stereocenters. The quantitative estimate of drug-likeness (QED) is 0.486. The first-order chi connectivity index (χ1) is 13.4. The molecule has 4 aliphatic rings. The van der Waals surface area contributed by atoms with Crippen LogP contribution >= 0.6 is 35.2 Å². The maximum absolute atomic E-state index is 11.9. The molecule has 0 unspecified atom stereocenters. The number of esters is 1.